The first-order chi connectivity index (χ1) is 22.3. The van der Waals surface area contributed by atoms with Crippen LogP contribution >= 0.6 is 7.82 Å². The number of carbonyl (C=O) groups excluding carboxylic acids is 2. The van der Waals surface area contributed by atoms with Crippen molar-refractivity contribution in [3.63, 3.8) is 0 Å². The first-order valence-electron chi connectivity index (χ1n) is 19.0. The number of unbranched alkanes of at least 4 members (excludes halogenated alkanes) is 21. The molecule has 9 heteroatoms. The molecule has 0 bridgehead atoms. The summed E-state index contributed by atoms with van der Waals surface area (Å²) in [5, 5.41) is 0. The van der Waals surface area contributed by atoms with E-state index < -0.39 is 26.5 Å². The molecule has 1 N–H and O–H groups in total. The molecular weight excluding hydrogens is 603 g/mol. The molecule has 0 spiro atoms. The van der Waals surface area contributed by atoms with Crippen molar-refractivity contribution in [2.24, 2.45) is 0 Å². The maximum Gasteiger partial charge on any atom is 0.472 e. The fourth-order valence-electron chi connectivity index (χ4n) is 5.27. The first kappa shape index (κ1) is 44.8. The average Bonchev–Trinajstić information content (AvgIpc) is 3.03. The molecule has 8 nitrogen and oxygen atoms in total. The highest BCUT2D eigenvalue weighted by atomic mass is 31.2. The summed E-state index contributed by atoms with van der Waals surface area (Å²) in [6.07, 6.45) is 32.6. The van der Waals surface area contributed by atoms with E-state index in [1.165, 1.54) is 96.3 Å². The van der Waals surface area contributed by atoms with Crippen LogP contribution in [0.25, 0.3) is 0 Å². The molecule has 0 aliphatic carbocycles. The van der Waals surface area contributed by atoms with Crippen LogP contribution in [0.3, 0.4) is 0 Å². The van der Waals surface area contributed by atoms with Gasteiger partial charge < -0.3 is 14.4 Å². The van der Waals surface area contributed by atoms with E-state index in [4.69, 9.17) is 18.5 Å². The monoisotopic (exact) mass is 674 g/mol. The Morgan fingerprint density at radius 1 is 0.565 bits per heavy atom. The molecule has 0 aromatic rings. The molecule has 2 unspecified atom stereocenters. The van der Waals surface area contributed by atoms with Gasteiger partial charge in [-0.25, -0.2) is 4.57 Å². The lowest BCUT2D eigenvalue weighted by Crippen LogP contribution is -2.29. The molecule has 0 saturated heterocycles. The van der Waals surface area contributed by atoms with Gasteiger partial charge in [0.1, 0.15) is 6.61 Å². The van der Waals surface area contributed by atoms with Crippen molar-refractivity contribution < 1.29 is 37.6 Å². The largest absolute Gasteiger partial charge is 0.472 e. The van der Waals surface area contributed by atoms with Crippen LogP contribution in [-0.2, 0) is 32.7 Å². The number of esters is 2. The van der Waals surface area contributed by atoms with E-state index in [0.29, 0.717) is 12.8 Å². The maximum absolute atomic E-state index is 12.5. The summed E-state index contributed by atoms with van der Waals surface area (Å²) in [5.74, 6) is -0.803. The summed E-state index contributed by atoms with van der Waals surface area (Å²) < 4.78 is 32.5. The highest BCUT2D eigenvalue weighted by Crippen LogP contribution is 2.43. The zero-order valence-corrected chi connectivity index (χ0v) is 30.9. The van der Waals surface area contributed by atoms with E-state index in [2.05, 4.69) is 26.0 Å². The lowest BCUT2D eigenvalue weighted by Gasteiger charge is -2.19. The summed E-state index contributed by atoms with van der Waals surface area (Å²) in [5.41, 5.74) is 0. The van der Waals surface area contributed by atoms with Gasteiger partial charge in [0.05, 0.1) is 13.2 Å². The SMILES string of the molecule is CCCCCCCC/C=C\CCCCCCCC(=O)OC(COC(=O)CCCCCCCCCCCCC)COP(=O)(O)OCC. The molecule has 272 valence electrons. The molecule has 0 aromatic heterocycles. The number of allylic oxidation sites excluding steroid dienone is 2. The third-order valence-corrected chi connectivity index (χ3v) is 9.13. The van der Waals surface area contributed by atoms with E-state index in [1.54, 1.807) is 6.92 Å². The zero-order chi connectivity index (χ0) is 34.0. The standard InChI is InChI=1S/C37H71O8P/c1-4-7-9-11-13-15-17-18-19-20-22-24-26-28-30-32-37(39)45-35(34-44-46(40,41)43-6-3)33-42-36(38)31-29-27-25-23-21-16-14-12-10-8-5-2/h18-19,35H,4-17,20-34H2,1-3H3,(H,40,41)/b19-18-. The van der Waals surface area contributed by atoms with Gasteiger partial charge in [0.15, 0.2) is 6.10 Å². The minimum absolute atomic E-state index is 0.00164. The van der Waals surface area contributed by atoms with Gasteiger partial charge in [-0.1, -0.05) is 142 Å². The molecule has 0 fully saturated rings. The smallest absolute Gasteiger partial charge is 0.462 e. The van der Waals surface area contributed by atoms with Crippen molar-refractivity contribution in [1.29, 1.82) is 0 Å². The van der Waals surface area contributed by atoms with Crippen LogP contribution < -0.4 is 0 Å². The van der Waals surface area contributed by atoms with E-state index in [0.717, 1.165) is 51.4 Å². The highest BCUT2D eigenvalue weighted by Gasteiger charge is 2.25. The van der Waals surface area contributed by atoms with Gasteiger partial charge in [0.2, 0.25) is 0 Å². The van der Waals surface area contributed by atoms with Crippen LogP contribution in [0.1, 0.15) is 188 Å². The Bertz CT molecular complexity index is 772. The number of ether oxygens (including phenoxy) is 2. The van der Waals surface area contributed by atoms with Crippen molar-refractivity contribution in [2.45, 2.75) is 194 Å². The van der Waals surface area contributed by atoms with E-state index in [9.17, 15) is 19.0 Å². The molecule has 0 aromatic carbocycles. The van der Waals surface area contributed by atoms with Gasteiger partial charge in [-0.3, -0.25) is 18.6 Å². The van der Waals surface area contributed by atoms with Crippen LogP contribution in [0.4, 0.5) is 0 Å². The number of hydrogen-bond acceptors (Lipinski definition) is 7. The molecular formula is C37H71O8P. The van der Waals surface area contributed by atoms with E-state index in [1.807, 2.05) is 0 Å². The minimum Gasteiger partial charge on any atom is -0.462 e. The normalized spacial score (nSPS) is 13.6. The Balaban J connectivity index is 4.15. The van der Waals surface area contributed by atoms with Gasteiger partial charge in [0, 0.05) is 12.8 Å². The summed E-state index contributed by atoms with van der Waals surface area (Å²) in [6.45, 7) is 5.45. The fraction of sp³-hybridized carbons (Fsp3) is 0.892. The molecule has 0 heterocycles. The van der Waals surface area contributed by atoms with Crippen LogP contribution in [0.15, 0.2) is 12.2 Å². The quantitative estimate of drug-likeness (QED) is 0.0306. The molecule has 0 radical (unpaired) electrons. The second kappa shape index (κ2) is 33.7. The highest BCUT2D eigenvalue weighted by molar-refractivity contribution is 7.47. The number of rotatable bonds is 35. The number of carbonyl (C=O) groups is 2. The second-order valence-corrected chi connectivity index (χ2v) is 14.1. The molecule has 46 heavy (non-hydrogen) atoms. The first-order valence-corrected chi connectivity index (χ1v) is 20.5. The number of phosphoric acid groups is 1. The van der Waals surface area contributed by atoms with Crippen molar-refractivity contribution >= 4 is 19.8 Å². The second-order valence-electron chi connectivity index (χ2n) is 12.6. The van der Waals surface area contributed by atoms with E-state index >= 15 is 0 Å². The van der Waals surface area contributed by atoms with Crippen LogP contribution in [0.2, 0.25) is 0 Å². The lowest BCUT2D eigenvalue weighted by molar-refractivity contribution is -0.161. The van der Waals surface area contributed by atoms with Gasteiger partial charge >= 0.3 is 19.8 Å². The molecule has 0 saturated carbocycles. The molecule has 0 amide bonds. The van der Waals surface area contributed by atoms with Crippen LogP contribution in [0, 0.1) is 0 Å². The Morgan fingerprint density at radius 3 is 1.43 bits per heavy atom. The Kier molecular flexibility index (Phi) is 32.8. The molecule has 2 atom stereocenters. The van der Waals surface area contributed by atoms with Crippen molar-refractivity contribution in [3.05, 3.63) is 12.2 Å². The number of hydrogen-bond donors (Lipinski definition) is 1. The third kappa shape index (κ3) is 32.7. The molecule has 0 aliphatic rings. The molecule has 0 rings (SSSR count). The maximum atomic E-state index is 12.5. The minimum atomic E-state index is -4.27. The van der Waals surface area contributed by atoms with Crippen molar-refractivity contribution in [1.82, 2.24) is 0 Å². The van der Waals surface area contributed by atoms with Crippen LogP contribution in [-0.4, -0.2) is 42.8 Å². The van der Waals surface area contributed by atoms with Gasteiger partial charge in [-0.15, -0.1) is 0 Å². The predicted octanol–water partition coefficient (Wildman–Crippen LogP) is 11.3. The summed E-state index contributed by atoms with van der Waals surface area (Å²) >= 11 is 0. The Labute approximate surface area is 282 Å². The summed E-state index contributed by atoms with van der Waals surface area (Å²) in [7, 11) is -4.27. The zero-order valence-electron chi connectivity index (χ0n) is 30.0. The molecule has 0 aliphatic heterocycles. The lowest BCUT2D eigenvalue weighted by atomic mass is 10.1. The number of phosphoric ester groups is 1. The van der Waals surface area contributed by atoms with Crippen molar-refractivity contribution in [3.8, 4) is 0 Å². The Morgan fingerprint density at radius 2 is 0.978 bits per heavy atom. The summed E-state index contributed by atoms with van der Waals surface area (Å²) in [4.78, 5) is 34.5. The topological polar surface area (TPSA) is 108 Å². The van der Waals surface area contributed by atoms with Crippen molar-refractivity contribution in [2.75, 3.05) is 19.8 Å². The van der Waals surface area contributed by atoms with Gasteiger partial charge in [-0.05, 0) is 45.4 Å². The van der Waals surface area contributed by atoms with Gasteiger partial charge in [0.25, 0.3) is 0 Å². The average molecular weight is 675 g/mol. The predicted molar refractivity (Wildman–Crippen MR) is 189 cm³/mol. The third-order valence-electron chi connectivity index (χ3n) is 8.07. The van der Waals surface area contributed by atoms with Crippen LogP contribution in [0.5, 0.6) is 0 Å². The Hall–Kier alpha value is -1.21. The van der Waals surface area contributed by atoms with Gasteiger partial charge in [-0.2, -0.15) is 0 Å². The fourth-order valence-corrected chi connectivity index (χ4v) is 6.03. The summed E-state index contributed by atoms with van der Waals surface area (Å²) in [6, 6.07) is 0. The van der Waals surface area contributed by atoms with E-state index in [-0.39, 0.29) is 25.6 Å².